The summed E-state index contributed by atoms with van der Waals surface area (Å²) < 4.78 is 0. The van der Waals surface area contributed by atoms with Gasteiger partial charge in [-0.25, -0.2) is 19.9 Å². The van der Waals surface area contributed by atoms with Crippen LogP contribution in [0.25, 0.3) is 90.1 Å². The Labute approximate surface area is 394 Å². The Bertz CT molecular complexity index is 3410. The molecular formula is C62H40N6. The second-order valence-electron chi connectivity index (χ2n) is 17.5. The van der Waals surface area contributed by atoms with Crippen molar-refractivity contribution in [2.75, 3.05) is 0 Å². The van der Waals surface area contributed by atoms with Crippen LogP contribution in [-0.4, -0.2) is 29.9 Å². The molecule has 318 valence electrons. The zero-order valence-electron chi connectivity index (χ0n) is 36.8. The van der Waals surface area contributed by atoms with Crippen molar-refractivity contribution in [2.45, 2.75) is 11.8 Å². The third kappa shape index (κ3) is 6.98. The van der Waals surface area contributed by atoms with E-state index in [4.69, 9.17) is 19.9 Å². The van der Waals surface area contributed by atoms with Gasteiger partial charge in [0.25, 0.3) is 0 Å². The number of benzene rings is 7. The van der Waals surface area contributed by atoms with Crippen LogP contribution >= 0.6 is 0 Å². The summed E-state index contributed by atoms with van der Waals surface area (Å²) in [5.74, 6) is 1.51. The van der Waals surface area contributed by atoms with Crippen molar-refractivity contribution in [3.05, 3.63) is 264 Å². The van der Waals surface area contributed by atoms with E-state index in [1.165, 1.54) is 33.4 Å². The van der Waals surface area contributed by atoms with E-state index in [0.29, 0.717) is 11.6 Å². The molecule has 0 aliphatic heterocycles. The molecule has 6 heteroatoms. The predicted molar refractivity (Wildman–Crippen MR) is 271 cm³/mol. The topological polar surface area (TPSA) is 77.3 Å². The average molecular weight is 869 g/mol. The molecule has 0 spiro atoms. The summed E-state index contributed by atoms with van der Waals surface area (Å²) in [6.07, 6.45) is 7.39. The lowest BCUT2D eigenvalue weighted by molar-refractivity contribution is 0.755. The lowest BCUT2D eigenvalue weighted by Crippen LogP contribution is -2.27. The standard InChI is InChI=1S/C62H40N6/c1-3-11-43(12-4-1)61-65-55(41-23-19-39(20-24-41)47-15-9-31-63-37-47)35-57(67-61)45-27-29-51-53(33-45)59-49-17-7-8-18-50(49)60(51)54-34-46(28-30-52(54)59)58-36-56(66-62(68-58)44-13-5-2-6-14-44)42-25-21-40(22-26-42)48-16-10-32-64-38-48/h1-38,59-60H. The first kappa shape index (κ1) is 39.4. The lowest BCUT2D eigenvalue weighted by Gasteiger charge is -2.42. The number of hydrogen-bond donors (Lipinski definition) is 0. The number of aromatic nitrogens is 6. The highest BCUT2D eigenvalue weighted by molar-refractivity contribution is 5.79. The third-order valence-corrected chi connectivity index (χ3v) is 13.5. The van der Waals surface area contributed by atoms with Gasteiger partial charge in [0.2, 0.25) is 0 Å². The van der Waals surface area contributed by atoms with Gasteiger partial charge >= 0.3 is 0 Å². The van der Waals surface area contributed by atoms with Gasteiger partial charge < -0.3 is 0 Å². The molecule has 4 heterocycles. The third-order valence-electron chi connectivity index (χ3n) is 13.5. The first-order valence-corrected chi connectivity index (χ1v) is 23.0. The molecule has 0 saturated carbocycles. The maximum Gasteiger partial charge on any atom is 0.160 e. The highest BCUT2D eigenvalue weighted by atomic mass is 14.9. The van der Waals surface area contributed by atoms with Gasteiger partial charge in [0, 0.05) is 70.0 Å². The van der Waals surface area contributed by atoms with Crippen molar-refractivity contribution in [1.29, 1.82) is 0 Å². The van der Waals surface area contributed by atoms with Gasteiger partial charge in [-0.3, -0.25) is 9.97 Å². The maximum absolute atomic E-state index is 5.25. The van der Waals surface area contributed by atoms with Crippen molar-refractivity contribution >= 4 is 0 Å². The van der Waals surface area contributed by atoms with Gasteiger partial charge in [0.1, 0.15) is 0 Å². The Kier molecular flexibility index (Phi) is 9.53. The van der Waals surface area contributed by atoms with Gasteiger partial charge in [0.15, 0.2) is 11.6 Å². The fraction of sp³-hybridized carbons (Fsp3) is 0.0323. The Morgan fingerprint density at radius 1 is 0.235 bits per heavy atom. The Morgan fingerprint density at radius 3 is 0.971 bits per heavy atom. The van der Waals surface area contributed by atoms with Crippen molar-refractivity contribution < 1.29 is 0 Å². The van der Waals surface area contributed by atoms with Crippen molar-refractivity contribution in [3.63, 3.8) is 0 Å². The predicted octanol–water partition coefficient (Wildman–Crippen LogP) is 14.4. The first-order valence-electron chi connectivity index (χ1n) is 23.0. The average Bonchev–Trinajstić information content (AvgIpc) is 3.43. The van der Waals surface area contributed by atoms with Gasteiger partial charge in [-0.1, -0.05) is 170 Å². The molecule has 0 saturated heterocycles. The van der Waals surface area contributed by atoms with Crippen LogP contribution in [0.4, 0.5) is 0 Å². The summed E-state index contributed by atoms with van der Waals surface area (Å²) in [7, 11) is 0. The van der Waals surface area contributed by atoms with Crippen molar-refractivity contribution in [3.8, 4) is 90.1 Å². The maximum atomic E-state index is 5.25. The van der Waals surface area contributed by atoms with E-state index in [9.17, 15) is 0 Å². The molecule has 0 amide bonds. The van der Waals surface area contributed by atoms with E-state index in [1.807, 2.05) is 60.9 Å². The van der Waals surface area contributed by atoms with E-state index in [0.717, 1.165) is 78.4 Å². The molecule has 2 unspecified atom stereocenters. The summed E-state index contributed by atoms with van der Waals surface area (Å²) >= 11 is 0. The van der Waals surface area contributed by atoms with Crippen LogP contribution in [-0.2, 0) is 0 Å². The van der Waals surface area contributed by atoms with Crippen molar-refractivity contribution in [2.24, 2.45) is 0 Å². The molecule has 0 radical (unpaired) electrons. The minimum absolute atomic E-state index is 0.0595. The molecule has 6 nitrogen and oxygen atoms in total. The Morgan fingerprint density at radius 2 is 0.574 bits per heavy atom. The smallest absolute Gasteiger partial charge is 0.160 e. The van der Waals surface area contributed by atoms with Crippen LogP contribution in [0.2, 0.25) is 0 Å². The summed E-state index contributed by atoms with van der Waals surface area (Å²) in [5.41, 5.74) is 22.0. The van der Waals surface area contributed by atoms with E-state index in [2.05, 4.69) is 168 Å². The Hall–Kier alpha value is -9.00. The molecule has 14 rings (SSSR count). The quantitative estimate of drug-likeness (QED) is 0.151. The fourth-order valence-electron chi connectivity index (χ4n) is 10.2. The molecule has 0 fully saturated rings. The van der Waals surface area contributed by atoms with Crippen LogP contribution in [0.15, 0.2) is 231 Å². The zero-order valence-corrected chi connectivity index (χ0v) is 36.8. The van der Waals surface area contributed by atoms with Gasteiger partial charge in [-0.15, -0.1) is 0 Å². The molecule has 4 aromatic heterocycles. The zero-order chi connectivity index (χ0) is 45.0. The SMILES string of the molecule is c1ccc(-c2nc(-c3ccc(-c4cccnc4)cc3)cc(-c3ccc4c(c3)C3c5ccccc5C4c4cc(-c5cc(-c6ccc(-c7cccnc7)cc6)nc(-c6ccccc6)n5)ccc43)n2)cc1. The molecule has 11 aromatic rings. The normalized spacial score (nSPS) is 14.2. The number of hydrogen-bond acceptors (Lipinski definition) is 6. The van der Waals surface area contributed by atoms with E-state index in [1.54, 1.807) is 12.4 Å². The lowest BCUT2D eigenvalue weighted by atomic mass is 9.60. The van der Waals surface area contributed by atoms with Crippen LogP contribution in [0.3, 0.4) is 0 Å². The molecule has 0 N–H and O–H groups in total. The molecule has 3 aliphatic rings. The summed E-state index contributed by atoms with van der Waals surface area (Å²) in [4.78, 5) is 29.4. The molecule has 7 aromatic carbocycles. The Balaban J connectivity index is 0.902. The molecule has 2 atom stereocenters. The number of nitrogens with zero attached hydrogens (tertiary/aromatic N) is 6. The van der Waals surface area contributed by atoms with Gasteiger partial charge in [-0.2, -0.15) is 0 Å². The first-order chi connectivity index (χ1) is 33.7. The fourth-order valence-corrected chi connectivity index (χ4v) is 10.2. The van der Waals surface area contributed by atoms with Crippen molar-refractivity contribution in [1.82, 2.24) is 29.9 Å². The molecule has 3 aliphatic carbocycles. The summed E-state index contributed by atoms with van der Waals surface area (Å²) in [6, 6.07) is 72.9. The second kappa shape index (κ2) is 16.5. The monoisotopic (exact) mass is 868 g/mol. The minimum atomic E-state index is 0.0595. The molecule has 68 heavy (non-hydrogen) atoms. The number of rotatable bonds is 8. The second-order valence-corrected chi connectivity index (χ2v) is 17.5. The minimum Gasteiger partial charge on any atom is -0.264 e. The largest absolute Gasteiger partial charge is 0.264 e. The van der Waals surface area contributed by atoms with E-state index >= 15 is 0 Å². The molecular weight excluding hydrogens is 829 g/mol. The summed E-state index contributed by atoms with van der Waals surface area (Å²) in [5, 5.41) is 0. The van der Waals surface area contributed by atoms with Crippen LogP contribution in [0.1, 0.15) is 45.2 Å². The van der Waals surface area contributed by atoms with Crippen LogP contribution < -0.4 is 0 Å². The van der Waals surface area contributed by atoms with Crippen LogP contribution in [0, 0.1) is 0 Å². The highest BCUT2D eigenvalue weighted by Gasteiger charge is 2.41. The van der Waals surface area contributed by atoms with E-state index in [-0.39, 0.29) is 11.8 Å². The van der Waals surface area contributed by atoms with Gasteiger partial charge in [0.05, 0.1) is 22.8 Å². The van der Waals surface area contributed by atoms with Gasteiger partial charge in [-0.05, 0) is 92.0 Å². The number of pyridine rings is 2. The highest BCUT2D eigenvalue weighted by Crippen LogP contribution is 2.56. The summed E-state index contributed by atoms with van der Waals surface area (Å²) in [6.45, 7) is 0. The van der Waals surface area contributed by atoms with Crippen LogP contribution in [0.5, 0.6) is 0 Å². The molecule has 2 bridgehead atoms. The van der Waals surface area contributed by atoms with E-state index < -0.39 is 0 Å².